The van der Waals surface area contributed by atoms with E-state index in [9.17, 15) is 18.0 Å². The third kappa shape index (κ3) is 5.15. The summed E-state index contributed by atoms with van der Waals surface area (Å²) >= 11 is 0. The van der Waals surface area contributed by atoms with E-state index in [1.807, 2.05) is 57.2 Å². The van der Waals surface area contributed by atoms with Crippen molar-refractivity contribution >= 4 is 33.0 Å². The highest BCUT2D eigenvalue weighted by Crippen LogP contribution is 2.29. The molecule has 0 saturated carbocycles. The fraction of sp³-hybridized carbons (Fsp3) is 0.417. The Bertz CT molecular complexity index is 1090. The van der Waals surface area contributed by atoms with Crippen LogP contribution in [0.3, 0.4) is 0 Å². The van der Waals surface area contributed by atoms with Crippen LogP contribution in [0.25, 0.3) is 0 Å². The van der Waals surface area contributed by atoms with Gasteiger partial charge in [0.1, 0.15) is 5.25 Å². The monoisotopic (exact) mass is 442 g/mol. The van der Waals surface area contributed by atoms with E-state index < -0.39 is 21.0 Å². The van der Waals surface area contributed by atoms with E-state index in [4.69, 9.17) is 0 Å². The van der Waals surface area contributed by atoms with Crippen LogP contribution in [-0.2, 0) is 25.8 Å². The maximum atomic E-state index is 12.9. The summed E-state index contributed by atoms with van der Waals surface area (Å²) in [7, 11) is -3.66. The van der Waals surface area contributed by atoms with Crippen LogP contribution < -0.4 is 10.2 Å². The summed E-state index contributed by atoms with van der Waals surface area (Å²) in [6, 6.07) is 11.6. The summed E-state index contributed by atoms with van der Waals surface area (Å²) < 4.78 is 25.5. The molecule has 3 rings (SSSR count). The van der Waals surface area contributed by atoms with Gasteiger partial charge in [0.05, 0.1) is 5.75 Å². The maximum Gasteiger partial charge on any atom is 0.245 e. The fourth-order valence-corrected chi connectivity index (χ4v) is 5.46. The van der Waals surface area contributed by atoms with Gasteiger partial charge in [-0.1, -0.05) is 35.9 Å². The van der Waals surface area contributed by atoms with E-state index in [0.29, 0.717) is 6.54 Å². The molecule has 0 fully saturated rings. The summed E-state index contributed by atoms with van der Waals surface area (Å²) in [5.41, 5.74) is 5.69. The summed E-state index contributed by atoms with van der Waals surface area (Å²) in [6.45, 7) is 7.81. The van der Waals surface area contributed by atoms with Crippen molar-refractivity contribution in [2.24, 2.45) is 0 Å². The lowest BCUT2D eigenvalue weighted by molar-refractivity contribution is -0.118. The molecule has 2 amide bonds. The lowest BCUT2D eigenvalue weighted by Gasteiger charge is -2.21. The number of hydrogen-bond acceptors (Lipinski definition) is 4. The van der Waals surface area contributed by atoms with Crippen LogP contribution in [-0.4, -0.2) is 37.8 Å². The molecule has 0 aromatic heterocycles. The van der Waals surface area contributed by atoms with E-state index in [1.165, 1.54) is 6.92 Å². The molecule has 0 bridgehead atoms. The van der Waals surface area contributed by atoms with Gasteiger partial charge in [-0.05, 0) is 63.3 Å². The molecule has 31 heavy (non-hydrogen) atoms. The number of fused-ring (bicyclic) bond motifs is 1. The van der Waals surface area contributed by atoms with E-state index in [1.54, 1.807) is 4.90 Å². The van der Waals surface area contributed by atoms with E-state index >= 15 is 0 Å². The number of nitrogens with zero attached hydrogens (tertiary/aromatic N) is 1. The van der Waals surface area contributed by atoms with Gasteiger partial charge in [0, 0.05) is 24.3 Å². The van der Waals surface area contributed by atoms with Crippen molar-refractivity contribution in [2.75, 3.05) is 22.5 Å². The molecule has 1 N–H and O–H groups in total. The van der Waals surface area contributed by atoms with Crippen molar-refractivity contribution in [3.05, 3.63) is 58.7 Å². The molecule has 0 radical (unpaired) electrons. The minimum atomic E-state index is -3.66. The average Bonchev–Trinajstić information content (AvgIpc) is 3.13. The first-order valence-electron chi connectivity index (χ1n) is 10.6. The Labute approximate surface area is 184 Å². The molecule has 1 aliphatic rings. The number of para-hydroxylation sites is 1. The molecule has 0 aliphatic carbocycles. The third-order valence-corrected chi connectivity index (χ3v) is 7.95. The van der Waals surface area contributed by atoms with Gasteiger partial charge in [0.25, 0.3) is 0 Å². The fourth-order valence-electron chi connectivity index (χ4n) is 4.13. The van der Waals surface area contributed by atoms with E-state index in [-0.39, 0.29) is 24.5 Å². The second-order valence-electron chi connectivity index (χ2n) is 8.30. The standard InChI is InChI=1S/C24H30N2O4S/c1-16-14-17(2)23(18(3)15-16)25-22(27)10-7-13-31(29,30)19(4)24(28)26-12-11-20-8-5-6-9-21(20)26/h5-6,8-9,14-15,19H,7,10-13H2,1-4H3,(H,25,27). The number of anilines is 2. The molecule has 1 aliphatic heterocycles. The topological polar surface area (TPSA) is 83.5 Å². The Balaban J connectivity index is 1.56. The van der Waals surface area contributed by atoms with Crippen LogP contribution >= 0.6 is 0 Å². The van der Waals surface area contributed by atoms with Crippen LogP contribution in [0.1, 0.15) is 42.0 Å². The molecule has 1 unspecified atom stereocenters. The quantitative estimate of drug-likeness (QED) is 0.708. The zero-order chi connectivity index (χ0) is 22.8. The first kappa shape index (κ1) is 23.0. The molecule has 6 nitrogen and oxygen atoms in total. The summed E-state index contributed by atoms with van der Waals surface area (Å²) in [4.78, 5) is 26.8. The van der Waals surface area contributed by atoms with Gasteiger partial charge in [0.15, 0.2) is 9.84 Å². The largest absolute Gasteiger partial charge is 0.326 e. The summed E-state index contributed by atoms with van der Waals surface area (Å²) in [5.74, 6) is -0.827. The molecule has 166 valence electrons. The van der Waals surface area contributed by atoms with Gasteiger partial charge in [-0.3, -0.25) is 9.59 Å². The molecular weight excluding hydrogens is 412 g/mol. The number of nitrogens with one attached hydrogen (secondary N) is 1. The van der Waals surface area contributed by atoms with Crippen molar-refractivity contribution in [3.63, 3.8) is 0 Å². The van der Waals surface area contributed by atoms with Crippen LogP contribution in [0.4, 0.5) is 11.4 Å². The SMILES string of the molecule is Cc1cc(C)c(NC(=O)CCCS(=O)(=O)C(C)C(=O)N2CCc3ccccc32)c(C)c1. The maximum absolute atomic E-state index is 12.9. The summed E-state index contributed by atoms with van der Waals surface area (Å²) in [6.07, 6.45) is 0.985. The Morgan fingerprint density at radius 2 is 1.74 bits per heavy atom. The number of carbonyl (C=O) groups excluding carboxylic acids is 2. The Kier molecular flexibility index (Phi) is 6.84. The smallest absolute Gasteiger partial charge is 0.245 e. The normalized spacial score (nSPS) is 14.3. The highest BCUT2D eigenvalue weighted by Gasteiger charge is 2.34. The minimum Gasteiger partial charge on any atom is -0.326 e. The number of benzene rings is 2. The number of sulfone groups is 1. The molecule has 0 saturated heterocycles. The van der Waals surface area contributed by atoms with E-state index in [0.717, 1.165) is 40.0 Å². The Hall–Kier alpha value is -2.67. The van der Waals surface area contributed by atoms with Crippen molar-refractivity contribution in [1.29, 1.82) is 0 Å². The lowest BCUT2D eigenvalue weighted by Crippen LogP contribution is -2.41. The average molecular weight is 443 g/mol. The molecule has 0 spiro atoms. The zero-order valence-corrected chi connectivity index (χ0v) is 19.4. The Morgan fingerprint density at radius 1 is 1.10 bits per heavy atom. The van der Waals surface area contributed by atoms with Crippen LogP contribution in [0, 0.1) is 20.8 Å². The Morgan fingerprint density at radius 3 is 2.42 bits per heavy atom. The molecule has 2 aromatic carbocycles. The third-order valence-electron chi connectivity index (χ3n) is 5.81. The highest BCUT2D eigenvalue weighted by molar-refractivity contribution is 7.92. The predicted octanol–water partition coefficient (Wildman–Crippen LogP) is 3.72. The molecular formula is C24H30N2O4S. The second-order valence-corrected chi connectivity index (χ2v) is 10.7. The predicted molar refractivity (Wildman–Crippen MR) is 124 cm³/mol. The van der Waals surface area contributed by atoms with Gasteiger partial charge < -0.3 is 10.2 Å². The first-order chi connectivity index (χ1) is 14.6. The van der Waals surface area contributed by atoms with E-state index in [2.05, 4.69) is 5.32 Å². The first-order valence-corrected chi connectivity index (χ1v) is 12.3. The van der Waals surface area contributed by atoms with Crippen LogP contribution in [0.2, 0.25) is 0 Å². The number of hydrogen-bond donors (Lipinski definition) is 1. The summed E-state index contributed by atoms with van der Waals surface area (Å²) in [5, 5.41) is 1.75. The van der Waals surface area contributed by atoms with Crippen molar-refractivity contribution in [3.8, 4) is 0 Å². The zero-order valence-electron chi connectivity index (χ0n) is 18.6. The minimum absolute atomic E-state index is 0.0828. The number of carbonyl (C=O) groups is 2. The lowest BCUT2D eigenvalue weighted by atomic mass is 10.0. The second kappa shape index (κ2) is 9.22. The van der Waals surface area contributed by atoms with Gasteiger partial charge >= 0.3 is 0 Å². The van der Waals surface area contributed by atoms with Crippen molar-refractivity contribution in [1.82, 2.24) is 0 Å². The number of rotatable bonds is 7. The molecule has 2 aromatic rings. The highest BCUT2D eigenvalue weighted by atomic mass is 32.2. The molecule has 7 heteroatoms. The molecule has 1 heterocycles. The van der Waals surface area contributed by atoms with Crippen molar-refractivity contribution in [2.45, 2.75) is 52.2 Å². The van der Waals surface area contributed by atoms with Crippen molar-refractivity contribution < 1.29 is 18.0 Å². The van der Waals surface area contributed by atoms with Gasteiger partial charge in [-0.15, -0.1) is 0 Å². The number of aryl methyl sites for hydroxylation is 3. The van der Waals surface area contributed by atoms with Gasteiger partial charge in [-0.2, -0.15) is 0 Å². The molecule has 1 atom stereocenters. The van der Waals surface area contributed by atoms with Crippen LogP contribution in [0.15, 0.2) is 36.4 Å². The van der Waals surface area contributed by atoms with Gasteiger partial charge in [0.2, 0.25) is 11.8 Å². The van der Waals surface area contributed by atoms with Gasteiger partial charge in [-0.25, -0.2) is 8.42 Å². The number of amides is 2. The van der Waals surface area contributed by atoms with Crippen LogP contribution in [0.5, 0.6) is 0 Å².